The fraction of sp³-hybridized carbons (Fsp3) is 0.917. The Morgan fingerprint density at radius 2 is 2.20 bits per heavy atom. The SMILES string of the molecule is CCOC(=O)C1(C2CCCCO2)CCC1. The van der Waals surface area contributed by atoms with Gasteiger partial charge in [-0.05, 0) is 39.0 Å². The third kappa shape index (κ3) is 1.89. The molecule has 0 bridgehead atoms. The Kier molecular flexibility index (Phi) is 3.29. The molecule has 3 nitrogen and oxygen atoms in total. The Balaban J connectivity index is 2.03. The van der Waals surface area contributed by atoms with Gasteiger partial charge >= 0.3 is 5.97 Å². The van der Waals surface area contributed by atoms with E-state index in [1.165, 1.54) is 6.42 Å². The predicted molar refractivity (Wildman–Crippen MR) is 56.5 cm³/mol. The highest BCUT2D eigenvalue weighted by Crippen LogP contribution is 2.48. The summed E-state index contributed by atoms with van der Waals surface area (Å²) in [6, 6.07) is 0. The van der Waals surface area contributed by atoms with Crippen molar-refractivity contribution < 1.29 is 14.3 Å². The molecule has 1 atom stereocenters. The van der Waals surface area contributed by atoms with Gasteiger partial charge in [0.25, 0.3) is 0 Å². The molecule has 2 rings (SSSR count). The normalized spacial score (nSPS) is 29.3. The van der Waals surface area contributed by atoms with E-state index in [4.69, 9.17) is 9.47 Å². The van der Waals surface area contributed by atoms with Gasteiger partial charge in [-0.25, -0.2) is 0 Å². The molecule has 1 saturated heterocycles. The molecule has 1 saturated carbocycles. The van der Waals surface area contributed by atoms with Crippen LogP contribution in [0.3, 0.4) is 0 Å². The first-order valence-corrected chi connectivity index (χ1v) is 6.08. The molecule has 0 spiro atoms. The molecular formula is C12H20O3. The van der Waals surface area contributed by atoms with Crippen LogP contribution in [0.5, 0.6) is 0 Å². The van der Waals surface area contributed by atoms with Gasteiger partial charge in [-0.3, -0.25) is 4.79 Å². The largest absolute Gasteiger partial charge is 0.465 e. The van der Waals surface area contributed by atoms with Crippen LogP contribution in [0.15, 0.2) is 0 Å². The Hall–Kier alpha value is -0.570. The topological polar surface area (TPSA) is 35.5 Å². The standard InChI is InChI=1S/C12H20O3/c1-2-14-11(13)12(7-5-8-12)10-6-3-4-9-15-10/h10H,2-9H2,1H3. The lowest BCUT2D eigenvalue weighted by Gasteiger charge is -2.46. The average Bonchev–Trinajstić information content (AvgIpc) is 2.18. The highest BCUT2D eigenvalue weighted by atomic mass is 16.5. The van der Waals surface area contributed by atoms with Gasteiger partial charge < -0.3 is 9.47 Å². The van der Waals surface area contributed by atoms with E-state index >= 15 is 0 Å². The summed E-state index contributed by atoms with van der Waals surface area (Å²) in [4.78, 5) is 11.9. The summed E-state index contributed by atoms with van der Waals surface area (Å²) in [5, 5.41) is 0. The number of ether oxygens (including phenoxy) is 2. The molecule has 0 aromatic carbocycles. The number of carbonyl (C=O) groups excluding carboxylic acids is 1. The first-order chi connectivity index (χ1) is 7.29. The molecule has 0 aromatic heterocycles. The first kappa shape index (κ1) is 10.9. The molecule has 1 aliphatic carbocycles. The maximum atomic E-state index is 11.9. The molecule has 1 heterocycles. The van der Waals surface area contributed by atoms with Crippen LogP contribution in [0.2, 0.25) is 0 Å². The van der Waals surface area contributed by atoms with E-state index in [9.17, 15) is 4.79 Å². The molecular weight excluding hydrogens is 192 g/mol. The Morgan fingerprint density at radius 1 is 1.40 bits per heavy atom. The van der Waals surface area contributed by atoms with Crippen molar-refractivity contribution in [3.05, 3.63) is 0 Å². The number of rotatable bonds is 3. The van der Waals surface area contributed by atoms with Crippen LogP contribution < -0.4 is 0 Å². The van der Waals surface area contributed by atoms with Gasteiger partial charge in [0, 0.05) is 6.61 Å². The summed E-state index contributed by atoms with van der Waals surface area (Å²) in [6.45, 7) is 3.16. The van der Waals surface area contributed by atoms with Crippen LogP contribution in [0.25, 0.3) is 0 Å². The van der Waals surface area contributed by atoms with Crippen molar-refractivity contribution in [3.8, 4) is 0 Å². The zero-order chi connectivity index (χ0) is 10.7. The minimum Gasteiger partial charge on any atom is -0.465 e. The van der Waals surface area contributed by atoms with Crippen LogP contribution in [0, 0.1) is 5.41 Å². The molecule has 1 aliphatic heterocycles. The maximum absolute atomic E-state index is 11.9. The van der Waals surface area contributed by atoms with Gasteiger partial charge in [-0.2, -0.15) is 0 Å². The first-order valence-electron chi connectivity index (χ1n) is 6.08. The maximum Gasteiger partial charge on any atom is 0.314 e. The molecule has 2 aliphatic rings. The highest BCUT2D eigenvalue weighted by Gasteiger charge is 2.52. The van der Waals surface area contributed by atoms with Gasteiger partial charge in [0.1, 0.15) is 0 Å². The van der Waals surface area contributed by atoms with Crippen molar-refractivity contribution in [2.24, 2.45) is 5.41 Å². The zero-order valence-corrected chi connectivity index (χ0v) is 9.46. The number of esters is 1. The fourth-order valence-corrected chi connectivity index (χ4v) is 2.67. The third-order valence-corrected chi connectivity index (χ3v) is 3.72. The summed E-state index contributed by atoms with van der Waals surface area (Å²) in [6.07, 6.45) is 6.52. The van der Waals surface area contributed by atoms with Crippen molar-refractivity contribution in [1.82, 2.24) is 0 Å². The second-order valence-electron chi connectivity index (χ2n) is 4.59. The molecule has 0 aromatic rings. The van der Waals surface area contributed by atoms with E-state index in [2.05, 4.69) is 0 Å². The van der Waals surface area contributed by atoms with Gasteiger partial charge in [0.15, 0.2) is 0 Å². The van der Waals surface area contributed by atoms with Crippen LogP contribution in [-0.2, 0) is 14.3 Å². The van der Waals surface area contributed by atoms with Crippen LogP contribution in [0.4, 0.5) is 0 Å². The Morgan fingerprint density at radius 3 is 2.67 bits per heavy atom. The van der Waals surface area contributed by atoms with Crippen LogP contribution in [-0.4, -0.2) is 25.3 Å². The monoisotopic (exact) mass is 212 g/mol. The van der Waals surface area contributed by atoms with Crippen LogP contribution in [0.1, 0.15) is 45.4 Å². The lowest BCUT2D eigenvalue weighted by molar-refractivity contribution is -0.180. The van der Waals surface area contributed by atoms with Gasteiger partial charge in [-0.15, -0.1) is 0 Å². The summed E-state index contributed by atoms with van der Waals surface area (Å²) >= 11 is 0. The molecule has 0 amide bonds. The Labute approximate surface area is 91.1 Å². The van der Waals surface area contributed by atoms with Gasteiger partial charge in [0.05, 0.1) is 18.1 Å². The van der Waals surface area contributed by atoms with E-state index < -0.39 is 0 Å². The number of carbonyl (C=O) groups is 1. The van der Waals surface area contributed by atoms with Crippen LogP contribution >= 0.6 is 0 Å². The summed E-state index contributed by atoms with van der Waals surface area (Å²) in [7, 11) is 0. The quantitative estimate of drug-likeness (QED) is 0.673. The van der Waals surface area contributed by atoms with Crippen molar-refractivity contribution in [2.75, 3.05) is 13.2 Å². The molecule has 0 radical (unpaired) electrons. The fourth-order valence-electron chi connectivity index (χ4n) is 2.67. The van der Waals surface area contributed by atoms with Gasteiger partial charge in [-0.1, -0.05) is 6.42 Å². The highest BCUT2D eigenvalue weighted by molar-refractivity contribution is 5.78. The zero-order valence-electron chi connectivity index (χ0n) is 9.46. The third-order valence-electron chi connectivity index (χ3n) is 3.72. The lowest BCUT2D eigenvalue weighted by Crippen LogP contribution is -2.51. The second-order valence-corrected chi connectivity index (χ2v) is 4.59. The molecule has 15 heavy (non-hydrogen) atoms. The van der Waals surface area contributed by atoms with E-state index in [0.717, 1.165) is 38.7 Å². The van der Waals surface area contributed by atoms with E-state index in [-0.39, 0.29) is 17.5 Å². The molecule has 0 N–H and O–H groups in total. The number of hydrogen-bond donors (Lipinski definition) is 0. The number of hydrogen-bond acceptors (Lipinski definition) is 3. The summed E-state index contributed by atoms with van der Waals surface area (Å²) in [5.41, 5.74) is -0.281. The van der Waals surface area contributed by atoms with Crippen molar-refractivity contribution >= 4 is 5.97 Å². The average molecular weight is 212 g/mol. The summed E-state index contributed by atoms with van der Waals surface area (Å²) < 4.78 is 10.9. The van der Waals surface area contributed by atoms with E-state index in [1.54, 1.807) is 0 Å². The van der Waals surface area contributed by atoms with Gasteiger partial charge in [0.2, 0.25) is 0 Å². The Bertz CT molecular complexity index is 227. The smallest absolute Gasteiger partial charge is 0.314 e. The van der Waals surface area contributed by atoms with E-state index in [1.807, 2.05) is 6.92 Å². The minimum absolute atomic E-state index is 0.0249. The minimum atomic E-state index is -0.281. The molecule has 3 heteroatoms. The van der Waals surface area contributed by atoms with E-state index in [0.29, 0.717) is 6.61 Å². The predicted octanol–water partition coefficient (Wildman–Crippen LogP) is 2.29. The lowest BCUT2D eigenvalue weighted by atomic mass is 9.63. The van der Waals surface area contributed by atoms with Crippen molar-refractivity contribution in [3.63, 3.8) is 0 Å². The van der Waals surface area contributed by atoms with Crippen molar-refractivity contribution in [1.29, 1.82) is 0 Å². The molecule has 86 valence electrons. The van der Waals surface area contributed by atoms with Crippen molar-refractivity contribution in [2.45, 2.75) is 51.6 Å². The molecule has 2 fully saturated rings. The molecule has 1 unspecified atom stereocenters. The second kappa shape index (κ2) is 4.52. The summed E-state index contributed by atoms with van der Waals surface area (Å²) in [5.74, 6) is -0.0249.